The van der Waals surface area contributed by atoms with E-state index in [0.717, 1.165) is 17.8 Å². The van der Waals surface area contributed by atoms with Crippen LogP contribution in [0.3, 0.4) is 0 Å². The Hall–Kier alpha value is -0.0400. The van der Waals surface area contributed by atoms with Gasteiger partial charge >= 0.3 is 0 Å². The number of hydrogen-bond donors (Lipinski definition) is 1. The molecule has 0 saturated heterocycles. The van der Waals surface area contributed by atoms with Gasteiger partial charge in [0.05, 0.1) is 0 Å². The highest BCUT2D eigenvalue weighted by atomic mass is 14.8. The van der Waals surface area contributed by atoms with Gasteiger partial charge < -0.3 is 5.73 Å². The summed E-state index contributed by atoms with van der Waals surface area (Å²) in [5, 5.41) is 0. The lowest BCUT2D eigenvalue weighted by Gasteiger charge is -2.52. The van der Waals surface area contributed by atoms with Gasteiger partial charge in [0.25, 0.3) is 0 Å². The summed E-state index contributed by atoms with van der Waals surface area (Å²) in [4.78, 5) is 0. The molecule has 3 aliphatic rings. The maximum Gasteiger partial charge on any atom is 0.0240 e. The molecule has 0 aromatic rings. The SMILES string of the molecule is NC(C1CCCCC1)(C1CCCCC1)C1CCCCC1. The van der Waals surface area contributed by atoms with Crippen molar-refractivity contribution >= 4 is 0 Å². The minimum atomic E-state index is 0.210. The minimum absolute atomic E-state index is 0.210. The average molecular weight is 277 g/mol. The Morgan fingerprint density at radius 3 is 0.950 bits per heavy atom. The van der Waals surface area contributed by atoms with Crippen molar-refractivity contribution in [3.05, 3.63) is 0 Å². The third-order valence-corrected chi connectivity index (χ3v) is 6.94. The van der Waals surface area contributed by atoms with Gasteiger partial charge in [-0.05, 0) is 56.3 Å². The van der Waals surface area contributed by atoms with Crippen LogP contribution >= 0.6 is 0 Å². The van der Waals surface area contributed by atoms with Crippen molar-refractivity contribution in [2.45, 2.75) is 102 Å². The van der Waals surface area contributed by atoms with Crippen LogP contribution in [0.2, 0.25) is 0 Å². The number of rotatable bonds is 3. The van der Waals surface area contributed by atoms with Crippen molar-refractivity contribution in [2.24, 2.45) is 23.5 Å². The summed E-state index contributed by atoms with van der Waals surface area (Å²) in [5.74, 6) is 2.55. The molecule has 0 amide bonds. The Labute approximate surface area is 126 Å². The van der Waals surface area contributed by atoms with Gasteiger partial charge in [-0.3, -0.25) is 0 Å². The van der Waals surface area contributed by atoms with Gasteiger partial charge in [-0.1, -0.05) is 57.8 Å². The fourth-order valence-electron chi connectivity index (χ4n) is 5.81. The highest BCUT2D eigenvalue weighted by Gasteiger charge is 2.47. The summed E-state index contributed by atoms with van der Waals surface area (Å²) < 4.78 is 0. The van der Waals surface area contributed by atoms with E-state index >= 15 is 0 Å². The normalized spacial score (nSPS) is 28.6. The molecule has 0 unspecified atom stereocenters. The molecule has 0 spiro atoms. The van der Waals surface area contributed by atoms with Crippen molar-refractivity contribution in [2.75, 3.05) is 0 Å². The molecule has 3 saturated carbocycles. The van der Waals surface area contributed by atoms with E-state index in [1.165, 1.54) is 96.3 Å². The fourth-order valence-corrected chi connectivity index (χ4v) is 5.81. The molecule has 0 atom stereocenters. The molecule has 0 aromatic heterocycles. The van der Waals surface area contributed by atoms with E-state index in [1.54, 1.807) is 0 Å². The van der Waals surface area contributed by atoms with E-state index in [1.807, 2.05) is 0 Å². The molecule has 0 aromatic carbocycles. The van der Waals surface area contributed by atoms with Crippen LogP contribution in [-0.2, 0) is 0 Å². The predicted octanol–water partition coefficient (Wildman–Crippen LogP) is 5.42. The van der Waals surface area contributed by atoms with Gasteiger partial charge in [-0.25, -0.2) is 0 Å². The molecule has 0 aliphatic heterocycles. The van der Waals surface area contributed by atoms with Crippen molar-refractivity contribution in [3.8, 4) is 0 Å². The molecule has 0 bridgehead atoms. The summed E-state index contributed by atoms with van der Waals surface area (Å²) in [7, 11) is 0. The number of hydrogen-bond acceptors (Lipinski definition) is 1. The lowest BCUT2D eigenvalue weighted by atomic mass is 9.57. The van der Waals surface area contributed by atoms with Gasteiger partial charge in [-0.15, -0.1) is 0 Å². The predicted molar refractivity (Wildman–Crippen MR) is 86.6 cm³/mol. The lowest BCUT2D eigenvalue weighted by molar-refractivity contribution is 0.0327. The third kappa shape index (κ3) is 2.93. The summed E-state index contributed by atoms with van der Waals surface area (Å²) in [6.07, 6.45) is 21.7. The number of nitrogens with two attached hydrogens (primary N) is 1. The molecule has 116 valence electrons. The molecule has 2 N–H and O–H groups in total. The van der Waals surface area contributed by atoms with Crippen LogP contribution in [0.15, 0.2) is 0 Å². The van der Waals surface area contributed by atoms with Crippen LogP contribution in [0, 0.1) is 17.8 Å². The standard InChI is InChI=1S/C19H35N/c20-19(16-10-4-1-5-11-16,17-12-6-2-7-13-17)18-14-8-3-9-15-18/h16-18H,1-15,20H2. The van der Waals surface area contributed by atoms with E-state index in [2.05, 4.69) is 0 Å². The summed E-state index contributed by atoms with van der Waals surface area (Å²) in [6.45, 7) is 0. The highest BCUT2D eigenvalue weighted by molar-refractivity contribution is 5.03. The fraction of sp³-hybridized carbons (Fsp3) is 1.00. The molecule has 0 radical (unpaired) electrons. The smallest absolute Gasteiger partial charge is 0.0240 e. The first-order valence-electron chi connectivity index (χ1n) is 9.60. The molecule has 1 heteroatoms. The quantitative estimate of drug-likeness (QED) is 0.732. The zero-order chi connectivity index (χ0) is 13.8. The first kappa shape index (κ1) is 14.9. The molecule has 0 heterocycles. The molecular weight excluding hydrogens is 242 g/mol. The largest absolute Gasteiger partial charge is 0.324 e. The van der Waals surface area contributed by atoms with Gasteiger partial charge in [0.15, 0.2) is 0 Å². The first-order valence-corrected chi connectivity index (χ1v) is 9.60. The molecule has 20 heavy (non-hydrogen) atoms. The molecule has 1 nitrogen and oxygen atoms in total. The highest BCUT2D eigenvalue weighted by Crippen LogP contribution is 2.48. The molecule has 3 rings (SSSR count). The second kappa shape index (κ2) is 6.81. The van der Waals surface area contributed by atoms with Gasteiger partial charge in [0, 0.05) is 5.54 Å². The zero-order valence-corrected chi connectivity index (χ0v) is 13.4. The Balaban J connectivity index is 1.79. The van der Waals surface area contributed by atoms with Gasteiger partial charge in [0.2, 0.25) is 0 Å². The van der Waals surface area contributed by atoms with E-state index in [4.69, 9.17) is 5.73 Å². The van der Waals surface area contributed by atoms with E-state index < -0.39 is 0 Å². The van der Waals surface area contributed by atoms with Crippen LogP contribution in [-0.4, -0.2) is 5.54 Å². The average Bonchev–Trinajstić information content (AvgIpc) is 2.56. The van der Waals surface area contributed by atoms with Crippen molar-refractivity contribution in [1.29, 1.82) is 0 Å². The Morgan fingerprint density at radius 2 is 0.700 bits per heavy atom. The van der Waals surface area contributed by atoms with E-state index in [-0.39, 0.29) is 5.54 Å². The lowest BCUT2D eigenvalue weighted by Crippen LogP contribution is -2.60. The van der Waals surface area contributed by atoms with Gasteiger partial charge in [-0.2, -0.15) is 0 Å². The van der Waals surface area contributed by atoms with Crippen molar-refractivity contribution < 1.29 is 0 Å². The van der Waals surface area contributed by atoms with Gasteiger partial charge in [0.1, 0.15) is 0 Å². The second-order valence-corrected chi connectivity index (χ2v) is 8.00. The van der Waals surface area contributed by atoms with Crippen LogP contribution < -0.4 is 5.73 Å². The first-order chi connectivity index (χ1) is 9.82. The maximum absolute atomic E-state index is 7.32. The van der Waals surface area contributed by atoms with Crippen LogP contribution in [0.1, 0.15) is 96.3 Å². The summed E-state index contributed by atoms with van der Waals surface area (Å²) >= 11 is 0. The monoisotopic (exact) mass is 277 g/mol. The maximum atomic E-state index is 7.32. The second-order valence-electron chi connectivity index (χ2n) is 8.00. The van der Waals surface area contributed by atoms with Crippen LogP contribution in [0.5, 0.6) is 0 Å². The summed E-state index contributed by atoms with van der Waals surface area (Å²) in [6, 6.07) is 0. The van der Waals surface area contributed by atoms with Crippen molar-refractivity contribution in [3.63, 3.8) is 0 Å². The topological polar surface area (TPSA) is 26.0 Å². The van der Waals surface area contributed by atoms with E-state index in [9.17, 15) is 0 Å². The Morgan fingerprint density at radius 1 is 0.450 bits per heavy atom. The summed E-state index contributed by atoms with van der Waals surface area (Å²) in [5.41, 5.74) is 7.53. The Kier molecular flexibility index (Phi) is 5.07. The zero-order valence-electron chi connectivity index (χ0n) is 13.4. The third-order valence-electron chi connectivity index (χ3n) is 6.94. The molecule has 3 aliphatic carbocycles. The molecular formula is C19H35N. The Bertz CT molecular complexity index is 235. The molecule has 3 fully saturated rings. The van der Waals surface area contributed by atoms with Crippen molar-refractivity contribution in [1.82, 2.24) is 0 Å². The van der Waals surface area contributed by atoms with Crippen LogP contribution in [0.4, 0.5) is 0 Å². The van der Waals surface area contributed by atoms with E-state index in [0.29, 0.717) is 0 Å². The van der Waals surface area contributed by atoms with Crippen LogP contribution in [0.25, 0.3) is 0 Å². The minimum Gasteiger partial charge on any atom is -0.324 e.